The summed E-state index contributed by atoms with van der Waals surface area (Å²) in [6, 6.07) is 9.90. The van der Waals surface area contributed by atoms with Crippen molar-refractivity contribution in [3.8, 4) is 0 Å². The molecule has 2 aromatic rings. The summed E-state index contributed by atoms with van der Waals surface area (Å²) in [6.07, 6.45) is 4.64. The largest absolute Gasteiger partial charge is 0.354 e. The maximum absolute atomic E-state index is 12.9. The van der Waals surface area contributed by atoms with E-state index >= 15 is 0 Å². The fraction of sp³-hybridized carbons (Fsp3) is 0.444. The zero-order chi connectivity index (χ0) is 16.8. The Morgan fingerprint density at radius 2 is 2.04 bits per heavy atom. The first-order valence-corrected chi connectivity index (χ1v) is 9.51. The first-order valence-electron chi connectivity index (χ1n) is 8.36. The smallest absolute Gasteiger partial charge is 0.241 e. The third-order valence-electron chi connectivity index (χ3n) is 4.25. The van der Waals surface area contributed by atoms with E-state index in [4.69, 9.17) is 0 Å². The minimum atomic E-state index is -0.194. The van der Waals surface area contributed by atoms with Crippen LogP contribution < -0.4 is 5.32 Å². The predicted octanol–water partition coefficient (Wildman–Crippen LogP) is 1.87. The average Bonchev–Trinajstić information content (AvgIpc) is 3.02. The maximum Gasteiger partial charge on any atom is 0.241 e. The summed E-state index contributed by atoms with van der Waals surface area (Å²) in [5.41, 5.74) is 2.21. The van der Waals surface area contributed by atoms with Gasteiger partial charge in [-0.1, -0.05) is 30.3 Å². The van der Waals surface area contributed by atoms with Crippen LogP contribution in [0.15, 0.2) is 42.7 Å². The van der Waals surface area contributed by atoms with Crippen molar-refractivity contribution in [1.82, 2.24) is 20.0 Å². The summed E-state index contributed by atoms with van der Waals surface area (Å²) in [6.45, 7) is 2.55. The number of benzene rings is 1. The van der Waals surface area contributed by atoms with Gasteiger partial charge in [0.05, 0.1) is 6.20 Å². The van der Waals surface area contributed by atoms with Crippen LogP contribution in [0.2, 0.25) is 0 Å². The van der Waals surface area contributed by atoms with Gasteiger partial charge in [0.25, 0.3) is 0 Å². The Kier molecular flexibility index (Phi) is 5.93. The molecule has 1 atom stereocenters. The van der Waals surface area contributed by atoms with E-state index < -0.39 is 0 Å². The van der Waals surface area contributed by atoms with E-state index in [2.05, 4.69) is 15.3 Å². The number of carbonyl (C=O) groups is 1. The van der Waals surface area contributed by atoms with E-state index in [9.17, 15) is 4.79 Å². The van der Waals surface area contributed by atoms with Gasteiger partial charge in [0, 0.05) is 44.4 Å². The molecule has 128 valence electrons. The molecule has 2 heterocycles. The third-order valence-corrected chi connectivity index (χ3v) is 5.19. The van der Waals surface area contributed by atoms with Crippen molar-refractivity contribution in [2.45, 2.75) is 12.5 Å². The van der Waals surface area contributed by atoms with Crippen LogP contribution in [-0.4, -0.2) is 51.7 Å². The Labute approximate surface area is 147 Å². The molecular weight excluding hydrogens is 320 g/mol. The Hall–Kier alpha value is -1.79. The second-order valence-electron chi connectivity index (χ2n) is 6.02. The van der Waals surface area contributed by atoms with Crippen LogP contribution in [0.4, 0.5) is 0 Å². The van der Waals surface area contributed by atoms with Crippen molar-refractivity contribution in [2.75, 3.05) is 31.1 Å². The van der Waals surface area contributed by atoms with Gasteiger partial charge in [-0.25, -0.2) is 0 Å². The number of nitrogens with zero attached hydrogens (tertiary/aromatic N) is 3. The van der Waals surface area contributed by atoms with Gasteiger partial charge in [-0.2, -0.15) is 16.9 Å². The number of hydrogen-bond acceptors (Lipinski definition) is 4. The SMILES string of the molecule is Cn1cc(CCNC(=O)[C@H](c2ccccc2)N2CCSCC2)cn1. The van der Waals surface area contributed by atoms with Gasteiger partial charge < -0.3 is 5.32 Å². The highest BCUT2D eigenvalue weighted by atomic mass is 32.2. The highest BCUT2D eigenvalue weighted by Crippen LogP contribution is 2.24. The zero-order valence-corrected chi connectivity index (χ0v) is 14.8. The number of nitrogens with one attached hydrogen (secondary N) is 1. The third kappa shape index (κ3) is 4.39. The summed E-state index contributed by atoms with van der Waals surface area (Å²) >= 11 is 1.96. The van der Waals surface area contributed by atoms with Crippen molar-refractivity contribution in [3.05, 3.63) is 53.9 Å². The van der Waals surface area contributed by atoms with Crippen molar-refractivity contribution < 1.29 is 4.79 Å². The van der Waals surface area contributed by atoms with Gasteiger partial charge in [0.15, 0.2) is 0 Å². The van der Waals surface area contributed by atoms with Crippen LogP contribution in [0.5, 0.6) is 0 Å². The first kappa shape index (κ1) is 17.0. The molecular formula is C18H24N4OS. The molecule has 6 heteroatoms. The van der Waals surface area contributed by atoms with E-state index in [1.165, 1.54) is 0 Å². The van der Waals surface area contributed by atoms with Crippen LogP contribution in [0, 0.1) is 0 Å². The first-order chi connectivity index (χ1) is 11.7. The number of carbonyl (C=O) groups excluding carboxylic acids is 1. The minimum Gasteiger partial charge on any atom is -0.354 e. The molecule has 24 heavy (non-hydrogen) atoms. The van der Waals surface area contributed by atoms with Crippen LogP contribution in [0.3, 0.4) is 0 Å². The molecule has 0 saturated carbocycles. The molecule has 1 aromatic heterocycles. The molecule has 1 fully saturated rings. The van der Waals surface area contributed by atoms with Gasteiger partial charge in [-0.15, -0.1) is 0 Å². The standard InChI is InChI=1S/C18H24N4OS/c1-21-14-15(13-20-21)7-8-19-18(23)17(16-5-3-2-4-6-16)22-9-11-24-12-10-22/h2-6,13-14,17H,7-12H2,1H3,(H,19,23)/t17-/m0/s1. The molecule has 0 spiro atoms. The molecule has 1 N–H and O–H groups in total. The van der Waals surface area contributed by atoms with E-state index in [1.807, 2.05) is 61.5 Å². The molecule has 0 unspecified atom stereocenters. The fourth-order valence-corrected chi connectivity index (χ4v) is 3.96. The Morgan fingerprint density at radius 3 is 2.71 bits per heavy atom. The van der Waals surface area contributed by atoms with Gasteiger partial charge in [-0.05, 0) is 17.5 Å². The summed E-state index contributed by atoms with van der Waals surface area (Å²) < 4.78 is 1.79. The van der Waals surface area contributed by atoms with Gasteiger partial charge >= 0.3 is 0 Å². The number of hydrogen-bond donors (Lipinski definition) is 1. The number of aryl methyl sites for hydroxylation is 1. The summed E-state index contributed by atoms with van der Waals surface area (Å²) in [5, 5.41) is 7.28. The van der Waals surface area contributed by atoms with Crippen LogP contribution >= 0.6 is 11.8 Å². The fourth-order valence-electron chi connectivity index (χ4n) is 3.03. The summed E-state index contributed by atoms with van der Waals surface area (Å²) in [4.78, 5) is 15.2. The number of rotatable bonds is 6. The zero-order valence-electron chi connectivity index (χ0n) is 14.0. The van der Waals surface area contributed by atoms with E-state index in [-0.39, 0.29) is 11.9 Å². The van der Waals surface area contributed by atoms with Crippen molar-refractivity contribution >= 4 is 17.7 Å². The Bertz CT molecular complexity index is 652. The van der Waals surface area contributed by atoms with E-state index in [0.29, 0.717) is 6.54 Å². The number of amides is 1. The Morgan fingerprint density at radius 1 is 1.29 bits per heavy atom. The molecule has 1 aromatic carbocycles. The molecule has 0 aliphatic carbocycles. The molecule has 0 bridgehead atoms. The monoisotopic (exact) mass is 344 g/mol. The quantitative estimate of drug-likeness (QED) is 0.869. The Balaban J connectivity index is 1.64. The number of aromatic nitrogens is 2. The van der Waals surface area contributed by atoms with Gasteiger partial charge in [0.1, 0.15) is 6.04 Å². The number of thioether (sulfide) groups is 1. The van der Waals surface area contributed by atoms with Crippen molar-refractivity contribution in [1.29, 1.82) is 0 Å². The van der Waals surface area contributed by atoms with E-state index in [0.717, 1.165) is 42.1 Å². The van der Waals surface area contributed by atoms with Gasteiger partial charge in [-0.3, -0.25) is 14.4 Å². The van der Waals surface area contributed by atoms with E-state index in [1.54, 1.807) is 4.68 Å². The second-order valence-corrected chi connectivity index (χ2v) is 7.25. The second kappa shape index (κ2) is 8.35. The lowest BCUT2D eigenvalue weighted by atomic mass is 10.0. The lowest BCUT2D eigenvalue weighted by molar-refractivity contribution is -0.126. The van der Waals surface area contributed by atoms with Crippen LogP contribution in [0.25, 0.3) is 0 Å². The molecule has 1 aliphatic heterocycles. The molecule has 5 nitrogen and oxygen atoms in total. The average molecular weight is 344 g/mol. The summed E-state index contributed by atoms with van der Waals surface area (Å²) in [7, 11) is 1.90. The van der Waals surface area contributed by atoms with Crippen molar-refractivity contribution in [3.63, 3.8) is 0 Å². The normalized spacial score (nSPS) is 16.7. The minimum absolute atomic E-state index is 0.0944. The predicted molar refractivity (Wildman–Crippen MR) is 98.0 cm³/mol. The molecule has 0 radical (unpaired) electrons. The molecule has 1 amide bonds. The van der Waals surface area contributed by atoms with Crippen molar-refractivity contribution in [2.24, 2.45) is 7.05 Å². The lowest BCUT2D eigenvalue weighted by Gasteiger charge is -2.33. The highest BCUT2D eigenvalue weighted by molar-refractivity contribution is 7.99. The maximum atomic E-state index is 12.9. The molecule has 1 aliphatic rings. The van der Waals surface area contributed by atoms with Crippen LogP contribution in [-0.2, 0) is 18.3 Å². The summed E-state index contributed by atoms with van der Waals surface area (Å²) in [5.74, 6) is 2.27. The lowest BCUT2D eigenvalue weighted by Crippen LogP contribution is -2.44. The highest BCUT2D eigenvalue weighted by Gasteiger charge is 2.28. The molecule has 3 rings (SSSR count). The topological polar surface area (TPSA) is 50.2 Å². The van der Waals surface area contributed by atoms with Gasteiger partial charge in [0.2, 0.25) is 5.91 Å². The molecule has 1 saturated heterocycles. The van der Waals surface area contributed by atoms with Crippen LogP contribution in [0.1, 0.15) is 17.2 Å².